The van der Waals surface area contributed by atoms with Crippen molar-refractivity contribution in [2.24, 2.45) is 0 Å². The molecule has 37 heavy (non-hydrogen) atoms. The Labute approximate surface area is 211 Å². The topological polar surface area (TPSA) is 105 Å². The van der Waals surface area contributed by atoms with Crippen LogP contribution in [0.4, 0.5) is 5.82 Å². The van der Waals surface area contributed by atoms with Gasteiger partial charge in [-0.2, -0.15) is 0 Å². The van der Waals surface area contributed by atoms with Gasteiger partial charge in [0.1, 0.15) is 22.9 Å². The van der Waals surface area contributed by atoms with Crippen molar-refractivity contribution in [1.29, 1.82) is 0 Å². The Morgan fingerprint density at radius 1 is 0.865 bits per heavy atom. The van der Waals surface area contributed by atoms with Crippen LogP contribution in [0.15, 0.2) is 96.2 Å². The molecule has 0 aliphatic heterocycles. The molecule has 0 aliphatic carbocycles. The monoisotopic (exact) mass is 494 g/mol. The van der Waals surface area contributed by atoms with Crippen LogP contribution in [0.3, 0.4) is 0 Å². The maximum absolute atomic E-state index is 12.9. The van der Waals surface area contributed by atoms with E-state index in [1.807, 2.05) is 18.2 Å². The normalized spacial score (nSPS) is 10.6. The predicted molar refractivity (Wildman–Crippen MR) is 139 cm³/mol. The molecule has 2 aromatic carbocycles. The zero-order valence-electron chi connectivity index (χ0n) is 20.0. The Kier molecular flexibility index (Phi) is 6.50. The van der Waals surface area contributed by atoms with E-state index in [2.05, 4.69) is 15.3 Å². The van der Waals surface area contributed by atoms with Gasteiger partial charge in [0.2, 0.25) is 0 Å². The molecule has 1 amide bonds. The molecule has 0 unspecified atom stereocenters. The lowest BCUT2D eigenvalue weighted by Crippen LogP contribution is -2.28. The smallest absolute Gasteiger partial charge is 0.267 e. The molecule has 5 aromatic rings. The first-order valence-electron chi connectivity index (χ1n) is 11.3. The molecule has 5 rings (SSSR count). The van der Waals surface area contributed by atoms with Gasteiger partial charge in [0.15, 0.2) is 11.5 Å². The summed E-state index contributed by atoms with van der Waals surface area (Å²) in [6.07, 6.45) is 4.73. The summed E-state index contributed by atoms with van der Waals surface area (Å²) in [6, 6.07) is 20.8. The number of anilines is 1. The predicted octanol–water partition coefficient (Wildman–Crippen LogP) is 4.84. The van der Waals surface area contributed by atoms with Gasteiger partial charge < -0.3 is 19.5 Å². The second-order valence-electron chi connectivity index (χ2n) is 7.90. The van der Waals surface area contributed by atoms with E-state index in [4.69, 9.17) is 14.2 Å². The van der Waals surface area contributed by atoms with Crippen molar-refractivity contribution < 1.29 is 19.0 Å². The van der Waals surface area contributed by atoms with Gasteiger partial charge in [-0.1, -0.05) is 18.2 Å². The zero-order valence-corrected chi connectivity index (χ0v) is 20.0. The van der Waals surface area contributed by atoms with Crippen LogP contribution < -0.4 is 25.1 Å². The summed E-state index contributed by atoms with van der Waals surface area (Å²) in [6.45, 7) is 0. The third kappa shape index (κ3) is 4.83. The number of hydrogen-bond acceptors (Lipinski definition) is 7. The Morgan fingerprint density at radius 2 is 1.65 bits per heavy atom. The van der Waals surface area contributed by atoms with Crippen LogP contribution >= 0.6 is 0 Å². The molecule has 0 aliphatic rings. The number of ether oxygens (including phenoxy) is 3. The molecular formula is C28H22N4O5. The zero-order chi connectivity index (χ0) is 25.8. The maximum atomic E-state index is 12.9. The van der Waals surface area contributed by atoms with Crippen LogP contribution in [0.5, 0.6) is 23.0 Å². The van der Waals surface area contributed by atoms with Gasteiger partial charge in [0.05, 0.1) is 25.9 Å². The average Bonchev–Trinajstić information content (AvgIpc) is 2.94. The molecule has 9 heteroatoms. The van der Waals surface area contributed by atoms with Crippen LogP contribution in [0.1, 0.15) is 10.4 Å². The highest BCUT2D eigenvalue weighted by Crippen LogP contribution is 2.36. The molecular weight excluding hydrogens is 472 g/mol. The minimum absolute atomic E-state index is 0.00103. The van der Waals surface area contributed by atoms with E-state index in [9.17, 15) is 9.59 Å². The lowest BCUT2D eigenvalue weighted by molar-refractivity contribution is 0.102. The second kappa shape index (κ2) is 10.2. The van der Waals surface area contributed by atoms with E-state index in [0.29, 0.717) is 34.2 Å². The molecule has 0 radical (unpaired) electrons. The first kappa shape index (κ1) is 23.6. The summed E-state index contributed by atoms with van der Waals surface area (Å²) >= 11 is 0. The van der Waals surface area contributed by atoms with Gasteiger partial charge >= 0.3 is 0 Å². The fourth-order valence-corrected chi connectivity index (χ4v) is 3.82. The number of nitrogens with one attached hydrogen (secondary N) is 1. The van der Waals surface area contributed by atoms with Crippen molar-refractivity contribution in [1.82, 2.24) is 14.5 Å². The molecule has 0 bridgehead atoms. The number of fused-ring (bicyclic) bond motifs is 1. The third-order valence-corrected chi connectivity index (χ3v) is 5.64. The van der Waals surface area contributed by atoms with Crippen LogP contribution in [0, 0.1) is 0 Å². The van der Waals surface area contributed by atoms with E-state index in [0.717, 1.165) is 5.39 Å². The molecule has 0 saturated heterocycles. The van der Waals surface area contributed by atoms with Crippen molar-refractivity contribution in [2.45, 2.75) is 0 Å². The van der Waals surface area contributed by atoms with Gasteiger partial charge in [-0.05, 0) is 48.5 Å². The number of pyridine rings is 3. The summed E-state index contributed by atoms with van der Waals surface area (Å²) < 4.78 is 18.2. The van der Waals surface area contributed by atoms with Gasteiger partial charge in [0, 0.05) is 29.5 Å². The lowest BCUT2D eigenvalue weighted by atomic mass is 10.2. The number of rotatable bonds is 7. The van der Waals surface area contributed by atoms with Crippen molar-refractivity contribution in [2.75, 3.05) is 19.5 Å². The second-order valence-corrected chi connectivity index (χ2v) is 7.90. The number of hydrogen-bond donors (Lipinski definition) is 1. The van der Waals surface area contributed by atoms with E-state index in [1.54, 1.807) is 75.1 Å². The van der Waals surface area contributed by atoms with Crippen molar-refractivity contribution in [3.8, 4) is 28.7 Å². The molecule has 184 valence electrons. The van der Waals surface area contributed by atoms with Crippen molar-refractivity contribution in [3.05, 3.63) is 107 Å². The van der Waals surface area contributed by atoms with Gasteiger partial charge in [-0.3, -0.25) is 19.1 Å². The van der Waals surface area contributed by atoms with Crippen molar-refractivity contribution >= 4 is 22.6 Å². The number of amides is 1. The Hall–Kier alpha value is -5.18. The van der Waals surface area contributed by atoms with Crippen LogP contribution in [0.2, 0.25) is 0 Å². The molecule has 0 atom stereocenters. The number of carbonyl (C=O) groups excluding carboxylic acids is 1. The summed E-state index contributed by atoms with van der Waals surface area (Å²) in [4.78, 5) is 34.4. The van der Waals surface area contributed by atoms with Gasteiger partial charge in [0.25, 0.3) is 11.5 Å². The summed E-state index contributed by atoms with van der Waals surface area (Å²) in [5.41, 5.74) is 0.918. The van der Waals surface area contributed by atoms with E-state index >= 15 is 0 Å². The molecule has 3 heterocycles. The first-order valence-corrected chi connectivity index (χ1v) is 11.3. The maximum Gasteiger partial charge on any atom is 0.267 e. The SMILES string of the molecule is COc1cc2nccc(Oc3ccc(NC(=O)c4cccn(-c5ccccc5)c4=O)nc3)c2cc1OC. The highest BCUT2D eigenvalue weighted by Gasteiger charge is 2.15. The largest absolute Gasteiger partial charge is 0.493 e. The molecule has 0 fully saturated rings. The summed E-state index contributed by atoms with van der Waals surface area (Å²) in [5.74, 6) is 1.84. The average molecular weight is 495 g/mol. The number of aromatic nitrogens is 3. The Bertz CT molecular complexity index is 1630. The third-order valence-electron chi connectivity index (χ3n) is 5.64. The van der Waals surface area contributed by atoms with Crippen LogP contribution in [-0.4, -0.2) is 34.7 Å². The van der Waals surface area contributed by atoms with E-state index in [-0.39, 0.29) is 11.4 Å². The number of nitrogens with zero attached hydrogens (tertiary/aromatic N) is 3. The highest BCUT2D eigenvalue weighted by atomic mass is 16.5. The fourth-order valence-electron chi connectivity index (χ4n) is 3.82. The number of carbonyl (C=O) groups is 1. The molecule has 0 spiro atoms. The lowest BCUT2D eigenvalue weighted by Gasteiger charge is -2.12. The minimum atomic E-state index is -0.558. The van der Waals surface area contributed by atoms with Gasteiger partial charge in [-0.25, -0.2) is 4.98 Å². The summed E-state index contributed by atoms with van der Waals surface area (Å²) in [7, 11) is 3.12. The van der Waals surface area contributed by atoms with Gasteiger partial charge in [-0.15, -0.1) is 0 Å². The van der Waals surface area contributed by atoms with Crippen LogP contribution in [-0.2, 0) is 0 Å². The minimum Gasteiger partial charge on any atom is -0.493 e. The quantitative estimate of drug-likeness (QED) is 0.345. The molecule has 9 nitrogen and oxygen atoms in total. The van der Waals surface area contributed by atoms with Crippen molar-refractivity contribution in [3.63, 3.8) is 0 Å². The molecule has 1 N–H and O–H groups in total. The van der Waals surface area contributed by atoms with E-state index in [1.165, 1.54) is 16.8 Å². The van der Waals surface area contributed by atoms with Crippen LogP contribution in [0.25, 0.3) is 16.6 Å². The molecule has 0 saturated carbocycles. The van der Waals surface area contributed by atoms with E-state index < -0.39 is 11.5 Å². The molecule has 3 aromatic heterocycles. The number of methoxy groups -OCH3 is 2. The first-order chi connectivity index (χ1) is 18.1. The fraction of sp³-hybridized carbons (Fsp3) is 0.0714. The highest BCUT2D eigenvalue weighted by molar-refractivity contribution is 6.03. The summed E-state index contributed by atoms with van der Waals surface area (Å²) in [5, 5.41) is 3.40. The Morgan fingerprint density at radius 3 is 2.38 bits per heavy atom. The standard InChI is InChI=1S/C28H22N4O5/c1-35-24-15-21-22(16-25(24)36-2)29-13-12-23(21)37-19-10-11-26(30-17-19)31-27(33)20-9-6-14-32(28(20)34)18-7-4-3-5-8-18/h3-17H,1-2H3,(H,30,31,33). The Balaban J connectivity index is 1.35. The number of benzene rings is 2. The number of para-hydroxylation sites is 1.